The first-order valence-electron chi connectivity index (χ1n) is 5.60. The molecule has 2 unspecified atom stereocenters. The van der Waals surface area contributed by atoms with Gasteiger partial charge in [-0.05, 0) is 25.3 Å². The van der Waals surface area contributed by atoms with Crippen LogP contribution in [0.15, 0.2) is 23.1 Å². The van der Waals surface area contributed by atoms with Crippen LogP contribution in [0, 0.1) is 0 Å². The van der Waals surface area contributed by atoms with Crippen molar-refractivity contribution < 1.29 is 14.6 Å². The molecule has 0 aromatic carbocycles. The number of hydrogen-bond donors (Lipinski definition) is 1. The number of aromatic nitrogens is 1. The molecule has 17 heavy (non-hydrogen) atoms. The highest BCUT2D eigenvalue weighted by atomic mass is 16.5. The Hall–Kier alpha value is -1.62. The van der Waals surface area contributed by atoms with E-state index in [0.29, 0.717) is 0 Å². The molecule has 1 saturated carbocycles. The van der Waals surface area contributed by atoms with Crippen molar-refractivity contribution in [1.82, 2.24) is 4.57 Å². The standard InChI is InChI=1S/C12H15NO4/c1-17-10-4-3-9(6-10)13-7-8(12(15)16)2-5-11(13)14/h2,5,7,9-10H,3-4,6H2,1H3,(H,15,16). The fourth-order valence-corrected chi connectivity index (χ4v) is 2.30. The topological polar surface area (TPSA) is 68.5 Å². The van der Waals surface area contributed by atoms with Crippen molar-refractivity contribution in [1.29, 1.82) is 0 Å². The normalized spacial score (nSPS) is 23.8. The molecular formula is C12H15NO4. The van der Waals surface area contributed by atoms with Crippen LogP contribution < -0.4 is 5.56 Å². The van der Waals surface area contributed by atoms with Gasteiger partial charge in [0.25, 0.3) is 5.56 Å². The van der Waals surface area contributed by atoms with Crippen LogP contribution in [0.4, 0.5) is 0 Å². The van der Waals surface area contributed by atoms with E-state index in [1.54, 1.807) is 7.11 Å². The van der Waals surface area contributed by atoms with Gasteiger partial charge in [0.2, 0.25) is 0 Å². The fourth-order valence-electron chi connectivity index (χ4n) is 2.30. The summed E-state index contributed by atoms with van der Waals surface area (Å²) < 4.78 is 6.77. The largest absolute Gasteiger partial charge is 0.478 e. The summed E-state index contributed by atoms with van der Waals surface area (Å²) in [5, 5.41) is 8.90. The third-order valence-corrected chi connectivity index (χ3v) is 3.27. The molecule has 1 N–H and O–H groups in total. The van der Waals surface area contributed by atoms with Crippen molar-refractivity contribution >= 4 is 5.97 Å². The number of rotatable bonds is 3. The van der Waals surface area contributed by atoms with Gasteiger partial charge in [-0.25, -0.2) is 4.79 Å². The third-order valence-electron chi connectivity index (χ3n) is 3.27. The quantitative estimate of drug-likeness (QED) is 0.860. The van der Waals surface area contributed by atoms with Gasteiger partial charge in [0.1, 0.15) is 0 Å². The van der Waals surface area contributed by atoms with Crippen LogP contribution in [0.5, 0.6) is 0 Å². The number of nitrogens with zero attached hydrogens (tertiary/aromatic N) is 1. The summed E-state index contributed by atoms with van der Waals surface area (Å²) in [5.74, 6) is -1.01. The highest BCUT2D eigenvalue weighted by molar-refractivity contribution is 5.87. The van der Waals surface area contributed by atoms with E-state index in [-0.39, 0.29) is 23.3 Å². The van der Waals surface area contributed by atoms with Crippen molar-refractivity contribution in [2.45, 2.75) is 31.4 Å². The van der Waals surface area contributed by atoms with Crippen LogP contribution in [-0.4, -0.2) is 28.9 Å². The van der Waals surface area contributed by atoms with Crippen LogP contribution in [-0.2, 0) is 4.74 Å². The first-order valence-corrected chi connectivity index (χ1v) is 5.60. The van der Waals surface area contributed by atoms with Crippen LogP contribution in [0.3, 0.4) is 0 Å². The molecule has 0 saturated heterocycles. The number of carbonyl (C=O) groups is 1. The Morgan fingerprint density at radius 1 is 1.47 bits per heavy atom. The summed E-state index contributed by atoms with van der Waals surface area (Å²) in [6.07, 6.45) is 4.11. The molecule has 1 aromatic rings. The van der Waals surface area contributed by atoms with Crippen LogP contribution in [0.25, 0.3) is 0 Å². The summed E-state index contributed by atoms with van der Waals surface area (Å²) in [4.78, 5) is 22.6. The molecule has 0 amide bonds. The summed E-state index contributed by atoms with van der Waals surface area (Å²) in [6, 6.07) is 2.69. The Morgan fingerprint density at radius 2 is 2.24 bits per heavy atom. The van der Waals surface area contributed by atoms with E-state index in [1.165, 1.54) is 22.9 Å². The van der Waals surface area contributed by atoms with E-state index in [1.807, 2.05) is 0 Å². The van der Waals surface area contributed by atoms with E-state index in [4.69, 9.17) is 9.84 Å². The molecule has 1 aliphatic rings. The van der Waals surface area contributed by atoms with Crippen molar-refractivity contribution in [3.05, 3.63) is 34.2 Å². The number of methoxy groups -OCH3 is 1. The van der Waals surface area contributed by atoms with Crippen molar-refractivity contribution in [3.63, 3.8) is 0 Å². The number of hydrogen-bond acceptors (Lipinski definition) is 3. The zero-order chi connectivity index (χ0) is 12.4. The number of carboxylic acids is 1. The third kappa shape index (κ3) is 2.39. The monoisotopic (exact) mass is 237 g/mol. The molecule has 0 spiro atoms. The number of pyridine rings is 1. The van der Waals surface area contributed by atoms with Gasteiger partial charge in [0.05, 0.1) is 11.7 Å². The number of aromatic carboxylic acids is 1. The Labute approximate surface area is 98.6 Å². The molecule has 0 radical (unpaired) electrons. The summed E-state index contributed by atoms with van der Waals surface area (Å²) >= 11 is 0. The predicted molar refractivity (Wildman–Crippen MR) is 61.3 cm³/mol. The first kappa shape index (κ1) is 11.9. The zero-order valence-corrected chi connectivity index (χ0v) is 9.63. The zero-order valence-electron chi connectivity index (χ0n) is 9.63. The summed E-state index contributed by atoms with van der Waals surface area (Å²) in [6.45, 7) is 0. The second-order valence-corrected chi connectivity index (χ2v) is 4.29. The summed E-state index contributed by atoms with van der Waals surface area (Å²) in [7, 11) is 1.66. The molecule has 5 nitrogen and oxygen atoms in total. The smallest absolute Gasteiger partial charge is 0.337 e. The van der Waals surface area contributed by atoms with Crippen molar-refractivity contribution in [2.24, 2.45) is 0 Å². The molecule has 0 bridgehead atoms. The van der Waals surface area contributed by atoms with Crippen molar-refractivity contribution in [2.75, 3.05) is 7.11 Å². The lowest BCUT2D eigenvalue weighted by molar-refractivity contribution is 0.0695. The number of ether oxygens (including phenoxy) is 1. The second-order valence-electron chi connectivity index (χ2n) is 4.29. The molecule has 0 aliphatic heterocycles. The Balaban J connectivity index is 2.29. The van der Waals surface area contributed by atoms with Crippen LogP contribution in [0.2, 0.25) is 0 Å². The minimum atomic E-state index is -1.01. The van der Waals surface area contributed by atoms with E-state index in [2.05, 4.69) is 0 Å². The first-order chi connectivity index (χ1) is 8.11. The molecule has 2 atom stereocenters. The molecule has 2 rings (SSSR count). The summed E-state index contributed by atoms with van der Waals surface area (Å²) in [5.41, 5.74) is -0.0118. The molecular weight excluding hydrogens is 222 g/mol. The fraction of sp³-hybridized carbons (Fsp3) is 0.500. The lowest BCUT2D eigenvalue weighted by Crippen LogP contribution is -2.24. The van der Waals surface area contributed by atoms with Gasteiger partial charge in [0.15, 0.2) is 0 Å². The Bertz CT molecular complexity index is 480. The van der Waals surface area contributed by atoms with E-state index < -0.39 is 5.97 Å². The van der Waals surface area contributed by atoms with Gasteiger partial charge >= 0.3 is 5.97 Å². The minimum absolute atomic E-state index is 0.0479. The molecule has 1 aromatic heterocycles. The van der Waals surface area contributed by atoms with Gasteiger partial charge in [-0.2, -0.15) is 0 Å². The van der Waals surface area contributed by atoms with Crippen LogP contribution in [0.1, 0.15) is 35.7 Å². The maximum absolute atomic E-state index is 11.7. The minimum Gasteiger partial charge on any atom is -0.478 e. The average molecular weight is 237 g/mol. The Morgan fingerprint density at radius 3 is 2.82 bits per heavy atom. The molecule has 1 aliphatic carbocycles. The van der Waals surface area contributed by atoms with Crippen LogP contribution >= 0.6 is 0 Å². The van der Waals surface area contributed by atoms with E-state index in [9.17, 15) is 9.59 Å². The van der Waals surface area contributed by atoms with Gasteiger partial charge in [-0.15, -0.1) is 0 Å². The highest BCUT2D eigenvalue weighted by Crippen LogP contribution is 2.30. The second kappa shape index (κ2) is 4.71. The van der Waals surface area contributed by atoms with Gasteiger partial charge < -0.3 is 14.4 Å². The van der Waals surface area contributed by atoms with Gasteiger partial charge in [-0.1, -0.05) is 0 Å². The lowest BCUT2D eigenvalue weighted by Gasteiger charge is -2.14. The SMILES string of the molecule is COC1CCC(n2cc(C(=O)O)ccc2=O)C1. The maximum Gasteiger partial charge on any atom is 0.337 e. The van der Waals surface area contributed by atoms with Gasteiger partial charge in [-0.3, -0.25) is 4.79 Å². The number of carboxylic acid groups (broad SMARTS) is 1. The van der Waals surface area contributed by atoms with Crippen molar-refractivity contribution in [3.8, 4) is 0 Å². The molecule has 92 valence electrons. The molecule has 1 heterocycles. The lowest BCUT2D eigenvalue weighted by atomic mass is 10.2. The molecule has 5 heteroatoms. The van der Waals surface area contributed by atoms with Gasteiger partial charge in [0, 0.05) is 25.4 Å². The highest BCUT2D eigenvalue weighted by Gasteiger charge is 2.26. The predicted octanol–water partition coefficient (Wildman–Crippen LogP) is 1.29. The average Bonchev–Trinajstić information content (AvgIpc) is 2.77. The maximum atomic E-state index is 11.7. The molecule has 1 fully saturated rings. The van der Waals surface area contributed by atoms with E-state index in [0.717, 1.165) is 19.3 Å². The Kier molecular flexibility index (Phi) is 3.28. The van der Waals surface area contributed by atoms with E-state index >= 15 is 0 Å².